The van der Waals surface area contributed by atoms with Crippen LogP contribution in [-0.4, -0.2) is 30.1 Å². The smallest absolute Gasteiger partial charge is 0.311 e. The SMILES string of the molecule is COC(=O)Cc1ccc2oc(-c3ccc(OC)c([N+](=O)[O-])c3)nc2c1. The van der Waals surface area contributed by atoms with Gasteiger partial charge >= 0.3 is 11.7 Å². The summed E-state index contributed by atoms with van der Waals surface area (Å²) < 4.78 is 15.3. The summed E-state index contributed by atoms with van der Waals surface area (Å²) in [4.78, 5) is 26.3. The summed E-state index contributed by atoms with van der Waals surface area (Å²) in [5.41, 5.74) is 2.09. The summed E-state index contributed by atoms with van der Waals surface area (Å²) in [7, 11) is 2.69. The Balaban J connectivity index is 2.00. The molecule has 1 heterocycles. The van der Waals surface area contributed by atoms with Gasteiger partial charge in [-0.1, -0.05) is 6.07 Å². The van der Waals surface area contributed by atoms with Crippen LogP contribution >= 0.6 is 0 Å². The van der Waals surface area contributed by atoms with Crippen molar-refractivity contribution in [3.8, 4) is 17.2 Å². The topological polar surface area (TPSA) is 105 Å². The van der Waals surface area contributed by atoms with Gasteiger partial charge in [0.25, 0.3) is 0 Å². The van der Waals surface area contributed by atoms with Gasteiger partial charge in [-0.2, -0.15) is 0 Å². The standard InChI is InChI=1S/C17H14N2O6/c1-23-15-6-4-11(9-13(15)19(21)22)17-18-12-7-10(8-16(20)24-2)3-5-14(12)25-17/h3-7,9H,8H2,1-2H3. The average molecular weight is 342 g/mol. The zero-order chi connectivity index (χ0) is 18.0. The maximum absolute atomic E-state index is 11.4. The molecule has 0 amide bonds. The number of rotatable bonds is 5. The summed E-state index contributed by atoms with van der Waals surface area (Å²) in [6, 6.07) is 9.62. The van der Waals surface area contributed by atoms with E-state index in [-0.39, 0.29) is 29.7 Å². The second-order valence-electron chi connectivity index (χ2n) is 5.22. The minimum atomic E-state index is -0.528. The van der Waals surface area contributed by atoms with Crippen molar-refractivity contribution in [2.24, 2.45) is 0 Å². The fourth-order valence-electron chi connectivity index (χ4n) is 2.41. The highest BCUT2D eigenvalue weighted by Crippen LogP contribution is 2.33. The highest BCUT2D eigenvalue weighted by atomic mass is 16.6. The second-order valence-corrected chi connectivity index (χ2v) is 5.22. The molecule has 3 aromatic rings. The van der Waals surface area contributed by atoms with Gasteiger partial charge in [-0.15, -0.1) is 0 Å². The molecule has 2 aromatic carbocycles. The number of aromatic nitrogens is 1. The van der Waals surface area contributed by atoms with E-state index < -0.39 is 4.92 Å². The van der Waals surface area contributed by atoms with Crippen LogP contribution < -0.4 is 4.74 Å². The molecule has 0 aliphatic carbocycles. The van der Waals surface area contributed by atoms with Gasteiger partial charge < -0.3 is 13.9 Å². The molecule has 128 valence electrons. The van der Waals surface area contributed by atoms with Crippen molar-refractivity contribution >= 4 is 22.8 Å². The Kier molecular flexibility index (Phi) is 4.34. The first-order chi connectivity index (χ1) is 12.0. The van der Waals surface area contributed by atoms with Crippen LogP contribution in [-0.2, 0) is 16.0 Å². The number of nitrogens with zero attached hydrogens (tertiary/aromatic N) is 2. The minimum absolute atomic E-state index is 0.128. The van der Waals surface area contributed by atoms with Crippen molar-refractivity contribution in [2.75, 3.05) is 14.2 Å². The lowest BCUT2D eigenvalue weighted by Gasteiger charge is -2.02. The van der Waals surface area contributed by atoms with Crippen LogP contribution in [0.4, 0.5) is 5.69 Å². The van der Waals surface area contributed by atoms with E-state index in [1.807, 2.05) is 0 Å². The lowest BCUT2D eigenvalue weighted by Crippen LogP contribution is -2.04. The van der Waals surface area contributed by atoms with Crippen molar-refractivity contribution in [2.45, 2.75) is 6.42 Å². The van der Waals surface area contributed by atoms with E-state index >= 15 is 0 Å². The third-order valence-electron chi connectivity index (χ3n) is 3.65. The van der Waals surface area contributed by atoms with Crippen LogP contribution in [0.5, 0.6) is 5.75 Å². The number of hydrogen-bond acceptors (Lipinski definition) is 7. The van der Waals surface area contributed by atoms with E-state index in [0.717, 1.165) is 5.56 Å². The van der Waals surface area contributed by atoms with E-state index in [1.165, 1.54) is 26.4 Å². The number of benzene rings is 2. The Hall–Kier alpha value is -3.42. The molecule has 0 saturated heterocycles. The number of esters is 1. The summed E-state index contributed by atoms with van der Waals surface area (Å²) in [5, 5.41) is 11.1. The van der Waals surface area contributed by atoms with Crippen LogP contribution in [0.15, 0.2) is 40.8 Å². The van der Waals surface area contributed by atoms with E-state index in [2.05, 4.69) is 9.72 Å². The molecular formula is C17H14N2O6. The van der Waals surface area contributed by atoms with Crippen molar-refractivity contribution < 1.29 is 23.6 Å². The fourth-order valence-corrected chi connectivity index (χ4v) is 2.41. The molecule has 0 N–H and O–H groups in total. The van der Waals surface area contributed by atoms with Gasteiger partial charge in [0.2, 0.25) is 5.89 Å². The Morgan fingerprint density at radius 3 is 2.72 bits per heavy atom. The van der Waals surface area contributed by atoms with Crippen molar-refractivity contribution in [1.29, 1.82) is 0 Å². The number of methoxy groups -OCH3 is 2. The predicted molar refractivity (Wildman–Crippen MR) is 88.4 cm³/mol. The molecule has 3 rings (SSSR count). The number of carbonyl (C=O) groups excluding carboxylic acids is 1. The number of ether oxygens (including phenoxy) is 2. The summed E-state index contributed by atoms with van der Waals surface area (Å²) in [6.45, 7) is 0. The fraction of sp³-hybridized carbons (Fsp3) is 0.176. The summed E-state index contributed by atoms with van der Waals surface area (Å²) in [6.07, 6.45) is 0.128. The summed E-state index contributed by atoms with van der Waals surface area (Å²) in [5.74, 6) is 0.0510. The molecule has 0 aliphatic rings. The molecule has 0 radical (unpaired) electrons. The lowest BCUT2D eigenvalue weighted by atomic mass is 10.1. The molecule has 8 heteroatoms. The van der Waals surface area contributed by atoms with E-state index in [1.54, 1.807) is 24.3 Å². The third-order valence-corrected chi connectivity index (χ3v) is 3.65. The minimum Gasteiger partial charge on any atom is -0.490 e. The number of hydrogen-bond donors (Lipinski definition) is 0. The van der Waals surface area contributed by atoms with Gasteiger partial charge in [0.05, 0.1) is 25.6 Å². The van der Waals surface area contributed by atoms with Crippen LogP contribution in [0, 0.1) is 10.1 Å². The van der Waals surface area contributed by atoms with Gasteiger partial charge in [-0.3, -0.25) is 14.9 Å². The van der Waals surface area contributed by atoms with Crippen molar-refractivity contribution in [3.05, 3.63) is 52.1 Å². The zero-order valence-electron chi connectivity index (χ0n) is 13.5. The monoisotopic (exact) mass is 342 g/mol. The normalized spacial score (nSPS) is 10.6. The van der Waals surface area contributed by atoms with Crippen LogP contribution in [0.3, 0.4) is 0 Å². The van der Waals surface area contributed by atoms with Gasteiger partial charge in [0.15, 0.2) is 11.3 Å². The number of nitro benzene ring substituents is 1. The second kappa shape index (κ2) is 6.60. The Morgan fingerprint density at radius 2 is 2.04 bits per heavy atom. The average Bonchev–Trinajstić information content (AvgIpc) is 3.04. The molecule has 0 saturated carbocycles. The zero-order valence-corrected chi connectivity index (χ0v) is 13.5. The van der Waals surface area contributed by atoms with Crippen LogP contribution in [0.1, 0.15) is 5.56 Å². The molecule has 1 aromatic heterocycles. The maximum atomic E-state index is 11.4. The molecule has 0 fully saturated rings. The number of carbonyl (C=O) groups is 1. The van der Waals surface area contributed by atoms with Gasteiger partial charge in [0.1, 0.15) is 5.52 Å². The molecule has 0 aliphatic heterocycles. The van der Waals surface area contributed by atoms with Crippen molar-refractivity contribution in [3.63, 3.8) is 0 Å². The quantitative estimate of drug-likeness (QED) is 0.398. The molecule has 25 heavy (non-hydrogen) atoms. The third kappa shape index (κ3) is 3.27. The Morgan fingerprint density at radius 1 is 1.24 bits per heavy atom. The molecule has 8 nitrogen and oxygen atoms in total. The number of nitro groups is 1. The van der Waals surface area contributed by atoms with Crippen LogP contribution in [0.2, 0.25) is 0 Å². The van der Waals surface area contributed by atoms with E-state index in [0.29, 0.717) is 16.7 Å². The predicted octanol–water partition coefficient (Wildman–Crippen LogP) is 3.13. The Labute approximate surface area is 142 Å². The van der Waals surface area contributed by atoms with Gasteiger partial charge in [-0.05, 0) is 29.8 Å². The molecule has 0 atom stereocenters. The van der Waals surface area contributed by atoms with E-state index in [9.17, 15) is 14.9 Å². The molecule has 0 bridgehead atoms. The van der Waals surface area contributed by atoms with Gasteiger partial charge in [0, 0.05) is 11.6 Å². The van der Waals surface area contributed by atoms with Crippen molar-refractivity contribution in [1.82, 2.24) is 4.98 Å². The highest BCUT2D eigenvalue weighted by Gasteiger charge is 2.18. The summed E-state index contributed by atoms with van der Waals surface area (Å²) >= 11 is 0. The lowest BCUT2D eigenvalue weighted by molar-refractivity contribution is -0.385. The first-order valence-corrected chi connectivity index (χ1v) is 7.31. The number of fused-ring (bicyclic) bond motifs is 1. The Bertz CT molecular complexity index is 963. The largest absolute Gasteiger partial charge is 0.490 e. The molecular weight excluding hydrogens is 328 g/mol. The first-order valence-electron chi connectivity index (χ1n) is 7.31. The highest BCUT2D eigenvalue weighted by molar-refractivity contribution is 5.80. The number of oxazole rings is 1. The van der Waals surface area contributed by atoms with Gasteiger partial charge in [-0.25, -0.2) is 4.98 Å². The maximum Gasteiger partial charge on any atom is 0.311 e. The molecule has 0 spiro atoms. The van der Waals surface area contributed by atoms with E-state index in [4.69, 9.17) is 9.15 Å². The molecule has 0 unspecified atom stereocenters. The van der Waals surface area contributed by atoms with Crippen LogP contribution in [0.25, 0.3) is 22.6 Å². The first kappa shape index (κ1) is 16.4.